The van der Waals surface area contributed by atoms with E-state index in [0.717, 1.165) is 32.3 Å². The molecule has 0 unspecified atom stereocenters. The van der Waals surface area contributed by atoms with E-state index in [-0.39, 0.29) is 5.91 Å². The predicted molar refractivity (Wildman–Crippen MR) is 114 cm³/mol. The summed E-state index contributed by atoms with van der Waals surface area (Å²) in [5.74, 6) is 1.59. The Bertz CT molecular complexity index is 1070. The largest absolute Gasteiger partial charge is 0.459 e. The van der Waals surface area contributed by atoms with Crippen LogP contribution in [-0.4, -0.2) is 22.8 Å². The van der Waals surface area contributed by atoms with Gasteiger partial charge in [-0.15, -0.1) is 11.3 Å². The molecule has 4 aromatic rings. The van der Waals surface area contributed by atoms with Gasteiger partial charge in [0.05, 0.1) is 21.8 Å². The molecule has 0 atom stereocenters. The Kier molecular flexibility index (Phi) is 5.46. The fraction of sp³-hybridized carbons (Fsp3) is 0.182. The first-order valence-corrected chi connectivity index (χ1v) is 10.2. The zero-order chi connectivity index (χ0) is 19.5. The van der Waals surface area contributed by atoms with Crippen molar-refractivity contribution in [2.75, 3.05) is 7.05 Å². The molecule has 0 fully saturated rings. The number of benzene rings is 2. The van der Waals surface area contributed by atoms with Crippen LogP contribution in [0.5, 0.6) is 0 Å². The van der Waals surface area contributed by atoms with Crippen molar-refractivity contribution in [3.63, 3.8) is 0 Å². The summed E-state index contributed by atoms with van der Waals surface area (Å²) >= 11 is 7.57. The lowest BCUT2D eigenvalue weighted by Crippen LogP contribution is -2.26. The van der Waals surface area contributed by atoms with Crippen molar-refractivity contribution < 1.29 is 9.21 Å². The molecule has 4 rings (SSSR count). The maximum atomic E-state index is 12.5. The molecule has 0 aliphatic rings. The minimum absolute atomic E-state index is 0.0729. The molecule has 2 aromatic carbocycles. The summed E-state index contributed by atoms with van der Waals surface area (Å²) in [4.78, 5) is 18.8. The number of hydrogen-bond acceptors (Lipinski definition) is 4. The summed E-state index contributed by atoms with van der Waals surface area (Å²) in [7, 11) is 1.80. The van der Waals surface area contributed by atoms with Crippen molar-refractivity contribution >= 4 is 39.1 Å². The predicted octanol–water partition coefficient (Wildman–Crippen LogP) is 5.80. The molecule has 28 heavy (non-hydrogen) atoms. The van der Waals surface area contributed by atoms with Gasteiger partial charge in [-0.1, -0.05) is 23.7 Å². The third kappa shape index (κ3) is 4.26. The number of fused-ring (bicyclic) bond motifs is 1. The number of carbonyl (C=O) groups is 1. The van der Waals surface area contributed by atoms with Gasteiger partial charge < -0.3 is 9.32 Å². The van der Waals surface area contributed by atoms with Crippen molar-refractivity contribution in [2.24, 2.45) is 0 Å². The first-order chi connectivity index (χ1) is 13.6. The van der Waals surface area contributed by atoms with Gasteiger partial charge in [0.1, 0.15) is 11.5 Å². The number of aryl methyl sites for hydroxylation is 1. The van der Waals surface area contributed by atoms with Crippen molar-refractivity contribution in [1.82, 2.24) is 9.88 Å². The Morgan fingerprint density at radius 2 is 1.89 bits per heavy atom. The molecule has 0 N–H and O–H groups in total. The van der Waals surface area contributed by atoms with Crippen LogP contribution in [0.2, 0.25) is 5.02 Å². The maximum Gasteiger partial charge on any atom is 0.223 e. The Labute approximate surface area is 172 Å². The fourth-order valence-corrected chi connectivity index (χ4v) is 4.08. The van der Waals surface area contributed by atoms with E-state index in [9.17, 15) is 4.79 Å². The van der Waals surface area contributed by atoms with Crippen LogP contribution < -0.4 is 0 Å². The molecular weight excluding hydrogens is 392 g/mol. The number of halogens is 1. The summed E-state index contributed by atoms with van der Waals surface area (Å²) in [6.07, 6.45) is 1.08. The number of aromatic nitrogens is 1. The zero-order valence-corrected chi connectivity index (χ0v) is 17.0. The van der Waals surface area contributed by atoms with Crippen LogP contribution in [0.25, 0.3) is 21.5 Å². The van der Waals surface area contributed by atoms with Gasteiger partial charge in [0.2, 0.25) is 5.91 Å². The van der Waals surface area contributed by atoms with Crippen LogP contribution in [-0.2, 0) is 17.8 Å². The van der Waals surface area contributed by atoms with E-state index >= 15 is 0 Å². The normalized spacial score (nSPS) is 11.1. The molecular formula is C22H19ClN2O2S. The van der Waals surface area contributed by atoms with E-state index in [1.54, 1.807) is 23.3 Å². The lowest BCUT2D eigenvalue weighted by Gasteiger charge is -2.15. The van der Waals surface area contributed by atoms with Crippen LogP contribution in [0.15, 0.2) is 65.1 Å². The first-order valence-electron chi connectivity index (χ1n) is 9.01. The number of para-hydroxylation sites is 1. The average molecular weight is 411 g/mol. The van der Waals surface area contributed by atoms with Gasteiger partial charge in [0.15, 0.2) is 0 Å². The summed E-state index contributed by atoms with van der Waals surface area (Å²) in [6, 6.07) is 19.3. The lowest BCUT2D eigenvalue weighted by molar-refractivity contribution is -0.130. The number of hydrogen-bond donors (Lipinski definition) is 0. The smallest absolute Gasteiger partial charge is 0.223 e. The molecule has 4 nitrogen and oxygen atoms in total. The molecule has 1 amide bonds. The van der Waals surface area contributed by atoms with Crippen LogP contribution in [0.1, 0.15) is 17.2 Å². The van der Waals surface area contributed by atoms with E-state index < -0.39 is 0 Å². The third-order valence-corrected chi connectivity index (χ3v) is 5.85. The molecule has 0 saturated carbocycles. The van der Waals surface area contributed by atoms with Gasteiger partial charge in [-0.3, -0.25) is 4.79 Å². The molecule has 0 bridgehead atoms. The van der Waals surface area contributed by atoms with Gasteiger partial charge in [0, 0.05) is 30.5 Å². The Hall–Kier alpha value is -2.63. The lowest BCUT2D eigenvalue weighted by atomic mass is 10.2. The van der Waals surface area contributed by atoms with Gasteiger partial charge in [0.25, 0.3) is 0 Å². The second-order valence-corrected chi connectivity index (χ2v) is 8.15. The van der Waals surface area contributed by atoms with E-state index in [0.29, 0.717) is 24.4 Å². The van der Waals surface area contributed by atoms with Gasteiger partial charge in [-0.2, -0.15) is 0 Å². The number of thiazole rings is 1. The van der Waals surface area contributed by atoms with E-state index in [4.69, 9.17) is 16.0 Å². The van der Waals surface area contributed by atoms with E-state index in [1.807, 2.05) is 54.6 Å². The molecule has 2 aromatic heterocycles. The minimum Gasteiger partial charge on any atom is -0.459 e. The highest BCUT2D eigenvalue weighted by Gasteiger charge is 2.14. The van der Waals surface area contributed by atoms with Gasteiger partial charge >= 0.3 is 0 Å². The highest BCUT2D eigenvalue weighted by atomic mass is 35.5. The number of carbonyl (C=O) groups excluding carboxylic acids is 1. The molecule has 0 aliphatic heterocycles. The molecule has 142 valence electrons. The molecule has 2 heterocycles. The summed E-state index contributed by atoms with van der Waals surface area (Å²) in [5.41, 5.74) is 1.95. The van der Waals surface area contributed by atoms with Crippen molar-refractivity contribution in [3.05, 3.63) is 76.5 Å². The highest BCUT2D eigenvalue weighted by molar-refractivity contribution is 7.18. The monoisotopic (exact) mass is 410 g/mol. The molecule has 0 saturated heterocycles. The SMILES string of the molecule is CN(Cc1ccc(-c2ccc(Cl)cc2)o1)C(=O)CCc1nc2ccccc2s1. The Balaban J connectivity index is 1.34. The summed E-state index contributed by atoms with van der Waals surface area (Å²) < 4.78 is 7.04. The summed E-state index contributed by atoms with van der Waals surface area (Å²) in [5, 5.41) is 1.68. The molecule has 0 aliphatic carbocycles. The van der Waals surface area contributed by atoms with Gasteiger partial charge in [-0.05, 0) is 48.5 Å². The zero-order valence-electron chi connectivity index (χ0n) is 15.4. The second-order valence-electron chi connectivity index (χ2n) is 6.60. The first kappa shape index (κ1) is 18.7. The topological polar surface area (TPSA) is 46.3 Å². The minimum atomic E-state index is 0.0729. The number of rotatable bonds is 6. The van der Waals surface area contributed by atoms with Crippen molar-refractivity contribution in [2.45, 2.75) is 19.4 Å². The Morgan fingerprint density at radius 1 is 1.11 bits per heavy atom. The van der Waals surface area contributed by atoms with E-state index in [1.165, 1.54) is 0 Å². The van der Waals surface area contributed by atoms with Crippen LogP contribution in [0, 0.1) is 0 Å². The molecule has 0 spiro atoms. The summed E-state index contributed by atoms with van der Waals surface area (Å²) in [6.45, 7) is 0.437. The standard InChI is InChI=1S/C22H19ClN2O2S/c1-25(14-17-10-11-19(27-17)15-6-8-16(23)9-7-15)22(26)13-12-21-24-18-4-2-3-5-20(18)28-21/h2-11H,12-14H2,1H3. The molecule has 6 heteroatoms. The average Bonchev–Trinajstić information content (AvgIpc) is 3.33. The number of nitrogens with zero attached hydrogens (tertiary/aromatic N) is 2. The second kappa shape index (κ2) is 8.17. The highest BCUT2D eigenvalue weighted by Crippen LogP contribution is 2.25. The van der Waals surface area contributed by atoms with E-state index in [2.05, 4.69) is 11.1 Å². The van der Waals surface area contributed by atoms with Gasteiger partial charge in [-0.25, -0.2) is 4.98 Å². The number of amides is 1. The van der Waals surface area contributed by atoms with Crippen molar-refractivity contribution in [1.29, 1.82) is 0 Å². The quantitative estimate of drug-likeness (QED) is 0.403. The van der Waals surface area contributed by atoms with Crippen molar-refractivity contribution in [3.8, 4) is 11.3 Å². The maximum absolute atomic E-state index is 12.5. The van der Waals surface area contributed by atoms with Crippen LogP contribution >= 0.6 is 22.9 Å². The third-order valence-electron chi connectivity index (χ3n) is 4.50. The number of furan rings is 1. The Morgan fingerprint density at radius 3 is 2.68 bits per heavy atom. The molecule has 0 radical (unpaired) electrons. The van der Waals surface area contributed by atoms with Crippen LogP contribution in [0.4, 0.5) is 0 Å². The van der Waals surface area contributed by atoms with Crippen LogP contribution in [0.3, 0.4) is 0 Å². The fourth-order valence-electron chi connectivity index (χ4n) is 2.99.